The van der Waals surface area contributed by atoms with Crippen molar-refractivity contribution in [3.63, 3.8) is 0 Å². The third-order valence-corrected chi connectivity index (χ3v) is 2.70. The number of rotatable bonds is 6. The molecule has 2 aromatic rings. The first-order chi connectivity index (χ1) is 9.63. The molecule has 0 aliphatic rings. The molecule has 20 heavy (non-hydrogen) atoms. The van der Waals surface area contributed by atoms with Crippen LogP contribution in [0.2, 0.25) is 0 Å². The fourth-order valence-corrected chi connectivity index (χ4v) is 1.79. The Morgan fingerprint density at radius 1 is 0.950 bits per heavy atom. The molecule has 0 spiro atoms. The predicted molar refractivity (Wildman–Crippen MR) is 70.0 cm³/mol. The average Bonchev–Trinajstić information content (AvgIpc) is 2.40. The van der Waals surface area contributed by atoms with Crippen LogP contribution in [0.1, 0.15) is 11.1 Å². The highest BCUT2D eigenvalue weighted by atomic mass is 19.3. The van der Waals surface area contributed by atoms with E-state index < -0.39 is 6.61 Å². The van der Waals surface area contributed by atoms with Gasteiger partial charge in [0.25, 0.3) is 0 Å². The molecule has 0 aromatic heterocycles. The van der Waals surface area contributed by atoms with Gasteiger partial charge in [0, 0.05) is 13.1 Å². The Morgan fingerprint density at radius 2 is 1.65 bits per heavy atom. The number of ether oxygens (including phenoxy) is 1. The minimum Gasteiger partial charge on any atom is -0.435 e. The van der Waals surface area contributed by atoms with Gasteiger partial charge in [0.1, 0.15) is 11.6 Å². The average molecular weight is 281 g/mol. The normalized spacial score (nSPS) is 10.8. The van der Waals surface area contributed by atoms with Gasteiger partial charge in [0.2, 0.25) is 0 Å². The number of nitrogens with one attached hydrogen (secondary N) is 1. The van der Waals surface area contributed by atoms with Crippen LogP contribution in [0.15, 0.2) is 48.5 Å². The van der Waals surface area contributed by atoms with Crippen LogP contribution >= 0.6 is 0 Å². The highest BCUT2D eigenvalue weighted by Crippen LogP contribution is 2.14. The highest BCUT2D eigenvalue weighted by molar-refractivity contribution is 5.27. The van der Waals surface area contributed by atoms with Gasteiger partial charge < -0.3 is 10.1 Å². The third kappa shape index (κ3) is 4.59. The van der Waals surface area contributed by atoms with Crippen LogP contribution in [-0.4, -0.2) is 6.61 Å². The van der Waals surface area contributed by atoms with Gasteiger partial charge in [0.15, 0.2) is 0 Å². The summed E-state index contributed by atoms with van der Waals surface area (Å²) in [4.78, 5) is 0. The SMILES string of the molecule is Fc1cccc(CNCc2ccc(OC(F)F)cc2)c1. The van der Waals surface area contributed by atoms with E-state index in [1.54, 1.807) is 18.2 Å². The molecular formula is C15H14F3NO. The molecule has 2 aromatic carbocycles. The number of benzene rings is 2. The third-order valence-electron chi connectivity index (χ3n) is 2.70. The largest absolute Gasteiger partial charge is 0.435 e. The molecule has 5 heteroatoms. The van der Waals surface area contributed by atoms with Crippen molar-refractivity contribution in [2.45, 2.75) is 19.7 Å². The molecule has 2 nitrogen and oxygen atoms in total. The molecule has 0 saturated heterocycles. The molecule has 1 N–H and O–H groups in total. The Balaban J connectivity index is 1.82. The standard InChI is InChI=1S/C15H14F3NO/c16-13-3-1-2-12(8-13)10-19-9-11-4-6-14(7-5-11)20-15(17)18/h1-8,15,19H,9-10H2. The molecule has 0 atom stereocenters. The summed E-state index contributed by atoms with van der Waals surface area (Å²) in [7, 11) is 0. The van der Waals surface area contributed by atoms with Gasteiger partial charge >= 0.3 is 6.61 Å². The van der Waals surface area contributed by atoms with E-state index in [-0.39, 0.29) is 11.6 Å². The Bertz CT molecular complexity index is 543. The van der Waals surface area contributed by atoms with E-state index in [1.807, 2.05) is 6.07 Å². The lowest BCUT2D eigenvalue weighted by molar-refractivity contribution is -0.0498. The lowest BCUT2D eigenvalue weighted by atomic mass is 10.2. The number of halogens is 3. The Hall–Kier alpha value is -2.01. The van der Waals surface area contributed by atoms with Gasteiger partial charge in [0.05, 0.1) is 0 Å². The minimum atomic E-state index is -2.81. The van der Waals surface area contributed by atoms with Crippen molar-refractivity contribution >= 4 is 0 Å². The van der Waals surface area contributed by atoms with Crippen LogP contribution in [0.3, 0.4) is 0 Å². The number of hydrogen-bond acceptors (Lipinski definition) is 2. The van der Waals surface area contributed by atoms with Gasteiger partial charge in [-0.05, 0) is 35.4 Å². The summed E-state index contributed by atoms with van der Waals surface area (Å²) in [5, 5.41) is 3.15. The Labute approximate surface area is 115 Å². The number of hydrogen-bond donors (Lipinski definition) is 1. The van der Waals surface area contributed by atoms with E-state index in [0.29, 0.717) is 13.1 Å². The van der Waals surface area contributed by atoms with E-state index in [9.17, 15) is 13.2 Å². The van der Waals surface area contributed by atoms with Gasteiger partial charge in [-0.3, -0.25) is 0 Å². The van der Waals surface area contributed by atoms with E-state index in [1.165, 1.54) is 24.3 Å². The second kappa shape index (κ2) is 6.96. The summed E-state index contributed by atoms with van der Waals surface area (Å²) in [5.74, 6) is -0.133. The topological polar surface area (TPSA) is 21.3 Å². The first kappa shape index (κ1) is 14.4. The van der Waals surface area contributed by atoms with Crippen LogP contribution in [0, 0.1) is 5.82 Å². The first-order valence-electron chi connectivity index (χ1n) is 6.12. The summed E-state index contributed by atoms with van der Waals surface area (Å²) < 4.78 is 41.2. The quantitative estimate of drug-likeness (QED) is 0.871. The summed E-state index contributed by atoms with van der Waals surface area (Å²) >= 11 is 0. The van der Waals surface area contributed by atoms with E-state index in [4.69, 9.17) is 0 Å². The second-order valence-electron chi connectivity index (χ2n) is 4.26. The van der Waals surface area contributed by atoms with E-state index >= 15 is 0 Å². The summed E-state index contributed by atoms with van der Waals surface area (Å²) in [5.41, 5.74) is 1.78. The molecule has 0 bridgehead atoms. The monoisotopic (exact) mass is 281 g/mol. The lowest BCUT2D eigenvalue weighted by Crippen LogP contribution is -2.12. The van der Waals surface area contributed by atoms with Crippen molar-refractivity contribution in [1.29, 1.82) is 0 Å². The van der Waals surface area contributed by atoms with Crippen molar-refractivity contribution in [2.24, 2.45) is 0 Å². The van der Waals surface area contributed by atoms with Crippen LogP contribution < -0.4 is 10.1 Å². The van der Waals surface area contributed by atoms with E-state index in [2.05, 4.69) is 10.1 Å². The molecule has 0 aliphatic carbocycles. The van der Waals surface area contributed by atoms with Crippen LogP contribution in [0.25, 0.3) is 0 Å². The minimum absolute atomic E-state index is 0.133. The highest BCUT2D eigenvalue weighted by Gasteiger charge is 2.03. The zero-order valence-electron chi connectivity index (χ0n) is 10.7. The summed E-state index contributed by atoms with van der Waals surface area (Å²) in [6, 6.07) is 12.7. The predicted octanol–water partition coefficient (Wildman–Crippen LogP) is 3.72. The molecule has 0 saturated carbocycles. The molecule has 0 aliphatic heterocycles. The summed E-state index contributed by atoms with van der Waals surface area (Å²) in [6.45, 7) is -1.72. The van der Waals surface area contributed by atoms with Crippen molar-refractivity contribution in [3.8, 4) is 5.75 Å². The van der Waals surface area contributed by atoms with E-state index in [0.717, 1.165) is 11.1 Å². The molecule has 106 valence electrons. The smallest absolute Gasteiger partial charge is 0.387 e. The molecule has 2 rings (SSSR count). The Morgan fingerprint density at radius 3 is 2.30 bits per heavy atom. The maximum absolute atomic E-state index is 13.0. The molecule has 0 heterocycles. The molecular weight excluding hydrogens is 267 g/mol. The molecule has 0 fully saturated rings. The van der Waals surface area contributed by atoms with Gasteiger partial charge in [-0.15, -0.1) is 0 Å². The van der Waals surface area contributed by atoms with Gasteiger partial charge in [-0.1, -0.05) is 24.3 Å². The van der Waals surface area contributed by atoms with Crippen LogP contribution in [-0.2, 0) is 13.1 Å². The molecule has 0 amide bonds. The fraction of sp³-hybridized carbons (Fsp3) is 0.200. The summed E-state index contributed by atoms with van der Waals surface area (Å²) in [6.07, 6.45) is 0. The van der Waals surface area contributed by atoms with Crippen molar-refractivity contribution in [2.75, 3.05) is 0 Å². The van der Waals surface area contributed by atoms with Crippen molar-refractivity contribution in [3.05, 3.63) is 65.5 Å². The maximum atomic E-state index is 13.0. The molecule has 0 radical (unpaired) electrons. The molecule has 0 unspecified atom stereocenters. The van der Waals surface area contributed by atoms with Gasteiger partial charge in [-0.2, -0.15) is 8.78 Å². The maximum Gasteiger partial charge on any atom is 0.387 e. The van der Waals surface area contributed by atoms with Crippen LogP contribution in [0.4, 0.5) is 13.2 Å². The zero-order valence-corrected chi connectivity index (χ0v) is 10.7. The van der Waals surface area contributed by atoms with Crippen LogP contribution in [0.5, 0.6) is 5.75 Å². The first-order valence-corrected chi connectivity index (χ1v) is 6.12. The zero-order chi connectivity index (χ0) is 14.4. The second-order valence-corrected chi connectivity index (χ2v) is 4.26. The van der Waals surface area contributed by atoms with Crippen molar-refractivity contribution in [1.82, 2.24) is 5.32 Å². The number of alkyl halides is 2. The van der Waals surface area contributed by atoms with Gasteiger partial charge in [-0.25, -0.2) is 4.39 Å². The fourth-order valence-electron chi connectivity index (χ4n) is 1.79. The van der Waals surface area contributed by atoms with Crippen molar-refractivity contribution < 1.29 is 17.9 Å². The Kier molecular flexibility index (Phi) is 5.01. The lowest BCUT2D eigenvalue weighted by Gasteiger charge is -2.07.